The van der Waals surface area contributed by atoms with Crippen molar-refractivity contribution in [3.63, 3.8) is 0 Å². The van der Waals surface area contributed by atoms with Gasteiger partial charge >= 0.3 is 0 Å². The van der Waals surface area contributed by atoms with Gasteiger partial charge in [0.15, 0.2) is 0 Å². The minimum atomic E-state index is 0.583. The Morgan fingerprint density at radius 2 is 2.25 bits per heavy atom. The summed E-state index contributed by atoms with van der Waals surface area (Å²) in [6.07, 6.45) is 0. The molecule has 0 fully saturated rings. The third-order valence-corrected chi connectivity index (χ3v) is 3.46. The fourth-order valence-electron chi connectivity index (χ4n) is 1.19. The van der Waals surface area contributed by atoms with Crippen LogP contribution >= 0.6 is 27.7 Å². The smallest absolute Gasteiger partial charge is 0.226 e. The number of aryl methyl sites for hydroxylation is 1. The first kappa shape index (κ1) is 11.5. The molecule has 84 valence electrons. The van der Waals surface area contributed by atoms with E-state index in [0.717, 1.165) is 15.1 Å². The number of nitrogen functional groups attached to an aromatic ring is 1. The SMILES string of the molecule is Cc1nnc(CSc2ccc(Br)cc2N)o1. The molecule has 0 aliphatic heterocycles. The molecule has 1 aromatic carbocycles. The zero-order chi connectivity index (χ0) is 11.5. The topological polar surface area (TPSA) is 64.9 Å². The molecule has 6 heteroatoms. The van der Waals surface area contributed by atoms with Crippen molar-refractivity contribution >= 4 is 33.4 Å². The van der Waals surface area contributed by atoms with Crippen molar-refractivity contribution in [3.05, 3.63) is 34.5 Å². The van der Waals surface area contributed by atoms with Crippen molar-refractivity contribution in [1.29, 1.82) is 0 Å². The fraction of sp³-hybridized carbons (Fsp3) is 0.200. The molecule has 0 aliphatic rings. The number of thioether (sulfide) groups is 1. The zero-order valence-corrected chi connectivity index (χ0v) is 11.0. The second-order valence-corrected chi connectivity index (χ2v) is 5.12. The molecule has 0 radical (unpaired) electrons. The van der Waals surface area contributed by atoms with E-state index in [9.17, 15) is 0 Å². The van der Waals surface area contributed by atoms with Gasteiger partial charge in [0.05, 0.1) is 5.75 Å². The highest BCUT2D eigenvalue weighted by Crippen LogP contribution is 2.29. The molecule has 0 saturated heterocycles. The van der Waals surface area contributed by atoms with E-state index in [1.54, 1.807) is 18.7 Å². The van der Waals surface area contributed by atoms with Crippen LogP contribution in [0.4, 0.5) is 5.69 Å². The molecule has 2 aromatic rings. The van der Waals surface area contributed by atoms with Crippen molar-refractivity contribution in [1.82, 2.24) is 10.2 Å². The van der Waals surface area contributed by atoms with Gasteiger partial charge in [0.1, 0.15) is 0 Å². The second-order valence-electron chi connectivity index (χ2n) is 3.19. The molecule has 4 nitrogen and oxygen atoms in total. The summed E-state index contributed by atoms with van der Waals surface area (Å²) in [4.78, 5) is 1.01. The Hall–Kier alpha value is -1.01. The lowest BCUT2D eigenvalue weighted by molar-refractivity contribution is 0.485. The Bertz CT molecular complexity index is 501. The zero-order valence-electron chi connectivity index (χ0n) is 8.61. The summed E-state index contributed by atoms with van der Waals surface area (Å²) in [6, 6.07) is 5.80. The number of rotatable bonds is 3. The Kier molecular flexibility index (Phi) is 3.50. The summed E-state index contributed by atoms with van der Waals surface area (Å²) in [5.41, 5.74) is 6.62. The number of aromatic nitrogens is 2. The Labute approximate surface area is 106 Å². The van der Waals surface area contributed by atoms with Crippen LogP contribution in [0, 0.1) is 6.92 Å². The van der Waals surface area contributed by atoms with E-state index in [4.69, 9.17) is 10.2 Å². The van der Waals surface area contributed by atoms with Crippen LogP contribution in [0.3, 0.4) is 0 Å². The molecule has 0 bridgehead atoms. The molecule has 1 heterocycles. The third-order valence-electron chi connectivity index (χ3n) is 1.89. The monoisotopic (exact) mass is 299 g/mol. The molecule has 1 aromatic heterocycles. The van der Waals surface area contributed by atoms with Crippen LogP contribution < -0.4 is 5.73 Å². The molecule has 2 N–H and O–H groups in total. The summed E-state index contributed by atoms with van der Waals surface area (Å²) in [7, 11) is 0. The van der Waals surface area contributed by atoms with Gasteiger partial charge in [0.2, 0.25) is 11.8 Å². The predicted octanol–water partition coefficient (Wildman–Crippen LogP) is 3.02. The van der Waals surface area contributed by atoms with E-state index in [-0.39, 0.29) is 0 Å². The van der Waals surface area contributed by atoms with E-state index in [0.29, 0.717) is 17.5 Å². The van der Waals surface area contributed by atoms with Gasteiger partial charge in [-0.25, -0.2) is 0 Å². The molecular weight excluding hydrogens is 290 g/mol. The predicted molar refractivity (Wildman–Crippen MR) is 67.2 cm³/mol. The van der Waals surface area contributed by atoms with Crippen LogP contribution in [0.1, 0.15) is 11.8 Å². The molecule has 2 rings (SSSR count). The van der Waals surface area contributed by atoms with Crippen molar-refractivity contribution in [2.75, 3.05) is 5.73 Å². The van der Waals surface area contributed by atoms with Gasteiger partial charge < -0.3 is 10.2 Å². The van der Waals surface area contributed by atoms with E-state index in [1.165, 1.54) is 0 Å². The van der Waals surface area contributed by atoms with Crippen LogP contribution in [-0.2, 0) is 5.75 Å². The van der Waals surface area contributed by atoms with Crippen LogP contribution in [0.25, 0.3) is 0 Å². The summed E-state index contributed by atoms with van der Waals surface area (Å²) in [6.45, 7) is 1.77. The van der Waals surface area contributed by atoms with Gasteiger partial charge in [-0.05, 0) is 18.2 Å². The standard InChI is InChI=1S/C10H10BrN3OS/c1-6-13-14-10(15-6)5-16-9-3-2-7(11)4-8(9)12/h2-4H,5,12H2,1H3. The molecule has 0 saturated carbocycles. The number of halogens is 1. The van der Waals surface area contributed by atoms with Gasteiger partial charge in [-0.15, -0.1) is 22.0 Å². The van der Waals surface area contributed by atoms with E-state index in [2.05, 4.69) is 26.1 Å². The maximum Gasteiger partial charge on any atom is 0.226 e. The van der Waals surface area contributed by atoms with Crippen LogP contribution in [0.5, 0.6) is 0 Å². The first-order chi connectivity index (χ1) is 7.65. The number of hydrogen-bond acceptors (Lipinski definition) is 5. The van der Waals surface area contributed by atoms with Crippen molar-refractivity contribution in [3.8, 4) is 0 Å². The van der Waals surface area contributed by atoms with Gasteiger partial charge in [-0.2, -0.15) is 0 Å². The van der Waals surface area contributed by atoms with Crippen molar-refractivity contribution in [2.45, 2.75) is 17.6 Å². The highest BCUT2D eigenvalue weighted by Gasteiger charge is 2.05. The van der Waals surface area contributed by atoms with Crippen molar-refractivity contribution < 1.29 is 4.42 Å². The molecule has 0 amide bonds. The average molecular weight is 300 g/mol. The minimum absolute atomic E-state index is 0.583. The lowest BCUT2D eigenvalue weighted by Crippen LogP contribution is -1.89. The lowest BCUT2D eigenvalue weighted by atomic mass is 10.3. The van der Waals surface area contributed by atoms with Gasteiger partial charge in [-0.1, -0.05) is 15.9 Å². The molecular formula is C10H10BrN3OS. The van der Waals surface area contributed by atoms with Gasteiger partial charge in [0, 0.05) is 22.0 Å². The quantitative estimate of drug-likeness (QED) is 0.697. The largest absolute Gasteiger partial charge is 0.425 e. The van der Waals surface area contributed by atoms with E-state index >= 15 is 0 Å². The maximum absolute atomic E-state index is 5.87. The number of nitrogens with zero attached hydrogens (tertiary/aromatic N) is 2. The number of nitrogens with two attached hydrogens (primary N) is 1. The van der Waals surface area contributed by atoms with Gasteiger partial charge in [0.25, 0.3) is 0 Å². The van der Waals surface area contributed by atoms with Crippen LogP contribution in [0.15, 0.2) is 32.0 Å². The molecule has 0 spiro atoms. The summed E-state index contributed by atoms with van der Waals surface area (Å²) < 4.78 is 6.25. The maximum atomic E-state index is 5.87. The minimum Gasteiger partial charge on any atom is -0.425 e. The molecule has 0 unspecified atom stereocenters. The Balaban J connectivity index is 2.04. The number of anilines is 1. The highest BCUT2D eigenvalue weighted by atomic mass is 79.9. The Morgan fingerprint density at radius 1 is 1.44 bits per heavy atom. The molecule has 0 atom stereocenters. The average Bonchev–Trinajstić information content (AvgIpc) is 2.63. The Morgan fingerprint density at radius 3 is 2.88 bits per heavy atom. The number of benzene rings is 1. The number of hydrogen-bond donors (Lipinski definition) is 1. The fourth-order valence-corrected chi connectivity index (χ4v) is 2.35. The first-order valence-electron chi connectivity index (χ1n) is 4.62. The molecule has 16 heavy (non-hydrogen) atoms. The lowest BCUT2D eigenvalue weighted by Gasteiger charge is -2.03. The second kappa shape index (κ2) is 4.88. The summed E-state index contributed by atoms with van der Waals surface area (Å²) in [5, 5.41) is 7.69. The van der Waals surface area contributed by atoms with E-state index < -0.39 is 0 Å². The molecule has 0 aliphatic carbocycles. The first-order valence-corrected chi connectivity index (χ1v) is 6.40. The van der Waals surface area contributed by atoms with Gasteiger partial charge in [-0.3, -0.25) is 0 Å². The van der Waals surface area contributed by atoms with Crippen LogP contribution in [0.2, 0.25) is 0 Å². The summed E-state index contributed by atoms with van der Waals surface area (Å²) >= 11 is 4.95. The van der Waals surface area contributed by atoms with Crippen molar-refractivity contribution in [2.24, 2.45) is 0 Å². The normalized spacial score (nSPS) is 10.6. The summed E-state index contributed by atoms with van der Waals surface area (Å²) in [5.74, 6) is 1.83. The third kappa shape index (κ3) is 2.76. The van der Waals surface area contributed by atoms with Crippen LogP contribution in [-0.4, -0.2) is 10.2 Å². The van der Waals surface area contributed by atoms with E-state index in [1.807, 2.05) is 18.2 Å². The highest BCUT2D eigenvalue weighted by molar-refractivity contribution is 9.10.